The lowest BCUT2D eigenvalue weighted by molar-refractivity contribution is -0.144. The molecule has 0 fully saturated rings. The van der Waals surface area contributed by atoms with Crippen molar-refractivity contribution in [2.24, 2.45) is 5.10 Å². The monoisotopic (exact) mass is 433 g/mol. The fraction of sp³-hybridized carbons (Fsp3) is 0.364. The van der Waals surface area contributed by atoms with Crippen LogP contribution in [-0.2, 0) is 14.4 Å². The van der Waals surface area contributed by atoms with Gasteiger partial charge in [-0.1, -0.05) is 42.1 Å². The fourth-order valence-corrected chi connectivity index (χ4v) is 4.60. The summed E-state index contributed by atoms with van der Waals surface area (Å²) in [5.41, 5.74) is 0.884. The summed E-state index contributed by atoms with van der Waals surface area (Å²) in [4.78, 5) is 14.3. The third-order valence-electron chi connectivity index (χ3n) is 4.99. The van der Waals surface area contributed by atoms with Crippen LogP contribution in [0, 0.1) is 11.6 Å². The van der Waals surface area contributed by atoms with E-state index in [1.54, 1.807) is 6.92 Å². The Morgan fingerprint density at radius 2 is 1.93 bits per heavy atom. The van der Waals surface area contributed by atoms with Crippen LogP contribution in [0.4, 0.5) is 8.78 Å². The second-order valence-corrected chi connectivity index (χ2v) is 8.63. The van der Waals surface area contributed by atoms with E-state index in [4.69, 9.17) is 4.74 Å². The summed E-state index contributed by atoms with van der Waals surface area (Å²) in [6.07, 6.45) is -0.214. The largest absolute Gasteiger partial charge is 0.372 e. The van der Waals surface area contributed by atoms with Crippen molar-refractivity contribution in [2.45, 2.75) is 24.3 Å². The number of benzene rings is 2. The van der Waals surface area contributed by atoms with Crippen LogP contribution in [0.3, 0.4) is 0 Å². The molecule has 1 heterocycles. The van der Waals surface area contributed by atoms with Gasteiger partial charge < -0.3 is 9.64 Å². The number of nitrogens with zero attached hydrogens (tertiary/aromatic N) is 3. The summed E-state index contributed by atoms with van der Waals surface area (Å²) in [5, 5.41) is 6.13. The highest BCUT2D eigenvalue weighted by Gasteiger charge is 2.49. The zero-order valence-electron chi connectivity index (χ0n) is 17.4. The van der Waals surface area contributed by atoms with Crippen LogP contribution in [0.5, 0.6) is 0 Å². The van der Waals surface area contributed by atoms with Crippen LogP contribution < -0.4 is 0 Å². The predicted octanol–water partition coefficient (Wildman–Crippen LogP) is 4.04. The van der Waals surface area contributed by atoms with Crippen molar-refractivity contribution in [1.29, 1.82) is 0 Å². The van der Waals surface area contributed by atoms with Crippen molar-refractivity contribution in [3.63, 3.8) is 0 Å². The van der Waals surface area contributed by atoms with Gasteiger partial charge in [-0.3, -0.25) is 4.79 Å². The zero-order valence-corrected chi connectivity index (χ0v) is 18.2. The van der Waals surface area contributed by atoms with E-state index in [-0.39, 0.29) is 16.5 Å². The molecule has 0 radical (unpaired) electrons. The molecular weight excluding hydrogens is 408 g/mol. The van der Waals surface area contributed by atoms with E-state index < -0.39 is 22.6 Å². The molecule has 0 aromatic heterocycles. The Kier molecular flexibility index (Phi) is 6.90. The summed E-state index contributed by atoms with van der Waals surface area (Å²) in [6.45, 7) is 2.30. The number of rotatable bonds is 7. The molecule has 3 rings (SSSR count). The Bertz CT molecular complexity index is 939. The van der Waals surface area contributed by atoms with Crippen molar-refractivity contribution in [3.8, 4) is 0 Å². The van der Waals surface area contributed by atoms with Crippen molar-refractivity contribution < 1.29 is 18.3 Å². The minimum Gasteiger partial charge on any atom is -0.372 e. The number of methoxy groups -OCH3 is 1. The first kappa shape index (κ1) is 22.4. The molecule has 0 N–H and O–H groups in total. The van der Waals surface area contributed by atoms with Crippen LogP contribution in [0.1, 0.15) is 24.5 Å². The van der Waals surface area contributed by atoms with Crippen molar-refractivity contribution >= 4 is 22.7 Å². The van der Waals surface area contributed by atoms with Crippen LogP contribution in [0.2, 0.25) is 0 Å². The molecule has 30 heavy (non-hydrogen) atoms. The topological polar surface area (TPSA) is 45.1 Å². The quantitative estimate of drug-likeness (QED) is 0.661. The molecule has 1 amide bonds. The number of carbonyl (C=O) groups excluding carboxylic acids is 1. The summed E-state index contributed by atoms with van der Waals surface area (Å²) in [7, 11) is 5.33. The highest BCUT2D eigenvalue weighted by molar-refractivity contribution is 8.15. The minimum absolute atomic E-state index is 0.0329. The summed E-state index contributed by atoms with van der Waals surface area (Å²) in [5.74, 6) is -1.51. The highest BCUT2D eigenvalue weighted by atomic mass is 32.2. The van der Waals surface area contributed by atoms with Crippen LogP contribution in [-0.4, -0.2) is 54.7 Å². The molecule has 0 bridgehead atoms. The van der Waals surface area contributed by atoms with Gasteiger partial charge in [0.25, 0.3) is 5.91 Å². The van der Waals surface area contributed by atoms with Gasteiger partial charge in [0.05, 0.1) is 0 Å². The molecule has 8 heteroatoms. The number of thioether (sulfide) groups is 1. The first-order chi connectivity index (χ1) is 14.3. The van der Waals surface area contributed by atoms with Gasteiger partial charge >= 0.3 is 0 Å². The smallest absolute Gasteiger partial charge is 0.273 e. The standard InChI is InChI=1S/C22H25F2N3O2S/c1-15(29-4)21(28)27-22(12-13-26(2)3,16-8-6-5-7-9-16)30-20(25-27)18-14-17(23)10-11-19(18)24/h5-11,14-15H,12-13H2,1-4H3/t15-,22?/m0/s1. The van der Waals surface area contributed by atoms with Crippen LogP contribution in [0.25, 0.3) is 0 Å². The van der Waals surface area contributed by atoms with Gasteiger partial charge in [0.2, 0.25) is 0 Å². The Morgan fingerprint density at radius 1 is 1.23 bits per heavy atom. The average molecular weight is 434 g/mol. The lowest BCUT2D eigenvalue weighted by atomic mass is 10.0. The zero-order chi connectivity index (χ0) is 21.9. The molecule has 1 aliphatic heterocycles. The molecular formula is C22H25F2N3O2S. The van der Waals surface area contributed by atoms with E-state index in [2.05, 4.69) is 5.10 Å². The van der Waals surface area contributed by atoms with Crippen molar-refractivity contribution in [2.75, 3.05) is 27.7 Å². The molecule has 0 spiro atoms. The average Bonchev–Trinajstić information content (AvgIpc) is 3.14. The second-order valence-electron chi connectivity index (χ2n) is 7.36. The van der Waals surface area contributed by atoms with Crippen molar-refractivity contribution in [1.82, 2.24) is 9.91 Å². The molecule has 1 unspecified atom stereocenters. The third kappa shape index (κ3) is 4.40. The van der Waals surface area contributed by atoms with Gasteiger partial charge in [0.1, 0.15) is 27.7 Å². The number of hydrazone groups is 1. The number of hydrogen-bond acceptors (Lipinski definition) is 5. The molecule has 1 aliphatic rings. The number of amides is 1. The number of halogens is 2. The molecule has 2 aromatic rings. The molecule has 2 atom stereocenters. The maximum Gasteiger partial charge on any atom is 0.273 e. The van der Waals surface area contributed by atoms with Gasteiger partial charge in [0, 0.05) is 19.2 Å². The van der Waals surface area contributed by atoms with Gasteiger partial charge in [-0.2, -0.15) is 5.10 Å². The van der Waals surface area contributed by atoms with Gasteiger partial charge in [0.15, 0.2) is 0 Å². The third-order valence-corrected chi connectivity index (χ3v) is 6.44. The minimum atomic E-state index is -0.913. The van der Waals surface area contributed by atoms with Crippen LogP contribution >= 0.6 is 11.8 Å². The Hall–Kier alpha value is -2.29. The predicted molar refractivity (Wildman–Crippen MR) is 115 cm³/mol. The molecule has 0 saturated heterocycles. The Morgan fingerprint density at radius 3 is 2.57 bits per heavy atom. The molecule has 2 aromatic carbocycles. The maximum atomic E-state index is 14.5. The second kappa shape index (κ2) is 9.24. The molecule has 0 saturated carbocycles. The van der Waals surface area contributed by atoms with Crippen molar-refractivity contribution in [3.05, 3.63) is 71.3 Å². The summed E-state index contributed by atoms with van der Waals surface area (Å²) < 4.78 is 33.7. The SMILES string of the molecule is CO[C@@H](C)C(=O)N1N=C(c2cc(F)ccc2F)SC1(CCN(C)C)c1ccccc1. The van der Waals surface area contributed by atoms with E-state index in [0.717, 1.165) is 23.8 Å². The van der Waals surface area contributed by atoms with E-state index in [1.807, 2.05) is 49.3 Å². The summed E-state index contributed by atoms with van der Waals surface area (Å²) >= 11 is 1.26. The van der Waals surface area contributed by atoms with Crippen LogP contribution in [0.15, 0.2) is 53.6 Å². The maximum absolute atomic E-state index is 14.5. The first-order valence-electron chi connectivity index (χ1n) is 9.58. The molecule has 160 valence electrons. The van der Waals surface area contributed by atoms with Gasteiger partial charge in [-0.05, 0) is 51.2 Å². The Balaban J connectivity index is 2.15. The van der Waals surface area contributed by atoms with E-state index in [9.17, 15) is 13.6 Å². The fourth-order valence-electron chi connectivity index (χ4n) is 3.22. The highest BCUT2D eigenvalue weighted by Crippen LogP contribution is 2.50. The number of ether oxygens (including phenoxy) is 1. The number of carbonyl (C=O) groups is 1. The lowest BCUT2D eigenvalue weighted by Gasteiger charge is -2.37. The summed E-state index contributed by atoms with van der Waals surface area (Å²) in [6, 6.07) is 12.7. The van der Waals surface area contributed by atoms with E-state index in [0.29, 0.717) is 13.0 Å². The van der Waals surface area contributed by atoms with E-state index in [1.165, 1.54) is 23.9 Å². The van der Waals surface area contributed by atoms with Gasteiger partial charge in [-0.25, -0.2) is 13.8 Å². The number of hydrogen-bond donors (Lipinski definition) is 0. The lowest BCUT2D eigenvalue weighted by Crippen LogP contribution is -2.47. The Labute approximate surface area is 179 Å². The van der Waals surface area contributed by atoms with Gasteiger partial charge in [-0.15, -0.1) is 0 Å². The molecule has 0 aliphatic carbocycles. The molecule has 5 nitrogen and oxygen atoms in total. The van der Waals surface area contributed by atoms with E-state index >= 15 is 0 Å². The normalized spacial score (nSPS) is 19.8. The first-order valence-corrected chi connectivity index (χ1v) is 10.4.